The Kier molecular flexibility index (Phi) is 2.95. The number of ether oxygens (including phenoxy) is 1. The molecule has 0 aromatic carbocycles. The molecule has 6 nitrogen and oxygen atoms in total. The first kappa shape index (κ1) is 9.42. The van der Waals surface area contributed by atoms with Gasteiger partial charge in [-0.3, -0.25) is 0 Å². The maximum absolute atomic E-state index is 5.55. The van der Waals surface area contributed by atoms with Crippen molar-refractivity contribution in [2.45, 2.75) is 6.10 Å². The summed E-state index contributed by atoms with van der Waals surface area (Å²) in [6.07, 6.45) is 1.50. The van der Waals surface area contributed by atoms with Crippen molar-refractivity contribution in [2.75, 3.05) is 38.6 Å². The molecule has 1 aromatic rings. The van der Waals surface area contributed by atoms with E-state index in [-0.39, 0.29) is 6.10 Å². The summed E-state index contributed by atoms with van der Waals surface area (Å²) in [5, 5.41) is 10.3. The van der Waals surface area contributed by atoms with Gasteiger partial charge in [-0.05, 0) is 7.05 Å². The predicted octanol–water partition coefficient (Wildman–Crippen LogP) is -0.188. The third-order valence-electron chi connectivity index (χ3n) is 2.18. The van der Waals surface area contributed by atoms with Crippen LogP contribution < -0.4 is 5.32 Å². The molecule has 1 aliphatic rings. The van der Waals surface area contributed by atoms with Crippen molar-refractivity contribution in [3.63, 3.8) is 0 Å². The second-order valence-electron chi connectivity index (χ2n) is 3.38. The van der Waals surface area contributed by atoms with Crippen LogP contribution in [0.5, 0.6) is 0 Å². The lowest BCUT2D eigenvalue weighted by atomic mass is 10.3. The van der Waals surface area contributed by atoms with Crippen LogP contribution in [0.1, 0.15) is 0 Å². The summed E-state index contributed by atoms with van der Waals surface area (Å²) >= 11 is 0. The summed E-state index contributed by atoms with van der Waals surface area (Å²) < 4.78 is 10.5. The summed E-state index contributed by atoms with van der Waals surface area (Å²) in [5.41, 5.74) is 0. The van der Waals surface area contributed by atoms with Crippen molar-refractivity contribution in [3.05, 3.63) is 6.39 Å². The van der Waals surface area contributed by atoms with Crippen LogP contribution in [0.2, 0.25) is 0 Å². The molecule has 78 valence electrons. The molecule has 1 aromatic heterocycles. The van der Waals surface area contributed by atoms with E-state index in [1.54, 1.807) is 0 Å². The minimum atomic E-state index is 0.195. The molecule has 6 heteroatoms. The third kappa shape index (κ3) is 2.43. The Labute approximate surface area is 82.2 Å². The summed E-state index contributed by atoms with van der Waals surface area (Å²) in [7, 11) is 2.09. The normalized spacial score (nSPS) is 23.6. The van der Waals surface area contributed by atoms with E-state index in [4.69, 9.17) is 9.15 Å². The van der Waals surface area contributed by atoms with Gasteiger partial charge in [-0.2, -0.15) is 0 Å². The van der Waals surface area contributed by atoms with Gasteiger partial charge in [-0.1, -0.05) is 5.10 Å². The maximum atomic E-state index is 5.55. The molecular weight excluding hydrogens is 184 g/mol. The monoisotopic (exact) mass is 198 g/mol. The first-order chi connectivity index (χ1) is 6.84. The predicted molar refractivity (Wildman–Crippen MR) is 50.0 cm³/mol. The number of aromatic nitrogens is 2. The van der Waals surface area contributed by atoms with Crippen LogP contribution in [-0.2, 0) is 4.74 Å². The highest BCUT2D eigenvalue weighted by atomic mass is 16.5. The average Bonchev–Trinajstić information content (AvgIpc) is 2.67. The number of hydrogen-bond donors (Lipinski definition) is 1. The van der Waals surface area contributed by atoms with Crippen LogP contribution in [-0.4, -0.2) is 54.5 Å². The van der Waals surface area contributed by atoms with Crippen molar-refractivity contribution in [3.8, 4) is 0 Å². The molecule has 14 heavy (non-hydrogen) atoms. The standard InChI is InChI=1S/C8H14N4O2/c1-12-2-3-13-7(5-12)4-9-8-11-10-6-14-8/h6-7H,2-5H2,1H3,(H,9,11). The van der Waals surface area contributed by atoms with Gasteiger partial charge in [0.25, 0.3) is 0 Å². The Bertz CT molecular complexity index is 264. The minimum Gasteiger partial charge on any atom is -0.411 e. The molecule has 1 atom stereocenters. The number of hydrogen-bond acceptors (Lipinski definition) is 6. The van der Waals surface area contributed by atoms with E-state index in [9.17, 15) is 0 Å². The zero-order valence-corrected chi connectivity index (χ0v) is 8.14. The van der Waals surface area contributed by atoms with Crippen LogP contribution in [0.15, 0.2) is 10.8 Å². The zero-order chi connectivity index (χ0) is 9.80. The smallest absolute Gasteiger partial charge is 0.315 e. The molecule has 2 heterocycles. The van der Waals surface area contributed by atoms with Gasteiger partial charge in [0.05, 0.1) is 12.7 Å². The van der Waals surface area contributed by atoms with Crippen molar-refractivity contribution in [2.24, 2.45) is 0 Å². The fourth-order valence-corrected chi connectivity index (χ4v) is 1.44. The van der Waals surface area contributed by atoms with Crippen molar-refractivity contribution in [1.29, 1.82) is 0 Å². The molecule has 2 rings (SSSR count). The Morgan fingerprint density at radius 3 is 3.36 bits per heavy atom. The molecule has 1 aliphatic heterocycles. The lowest BCUT2D eigenvalue weighted by Gasteiger charge is -2.29. The fraction of sp³-hybridized carbons (Fsp3) is 0.750. The minimum absolute atomic E-state index is 0.195. The quantitative estimate of drug-likeness (QED) is 0.726. The molecule has 0 bridgehead atoms. The molecule has 1 saturated heterocycles. The van der Waals surface area contributed by atoms with Gasteiger partial charge in [0.2, 0.25) is 6.39 Å². The molecule has 1 unspecified atom stereocenters. The first-order valence-electron chi connectivity index (χ1n) is 4.65. The summed E-state index contributed by atoms with van der Waals surface area (Å²) in [6, 6.07) is 0.446. The van der Waals surface area contributed by atoms with Crippen LogP contribution in [0.4, 0.5) is 6.01 Å². The molecule has 0 amide bonds. The average molecular weight is 198 g/mol. The number of rotatable bonds is 3. The van der Waals surface area contributed by atoms with E-state index in [0.29, 0.717) is 12.6 Å². The van der Waals surface area contributed by atoms with E-state index < -0.39 is 0 Å². The third-order valence-corrected chi connectivity index (χ3v) is 2.18. The summed E-state index contributed by atoms with van der Waals surface area (Å²) in [5.74, 6) is 0. The first-order valence-corrected chi connectivity index (χ1v) is 4.65. The van der Waals surface area contributed by atoms with Crippen molar-refractivity contribution < 1.29 is 9.15 Å². The SMILES string of the molecule is CN1CCOC(CNc2nnco2)C1. The second-order valence-corrected chi connectivity index (χ2v) is 3.38. The van der Waals surface area contributed by atoms with E-state index in [1.165, 1.54) is 6.39 Å². The second kappa shape index (κ2) is 4.39. The molecule has 0 radical (unpaired) electrons. The number of likely N-dealkylation sites (N-methyl/N-ethyl adjacent to an activating group) is 1. The lowest BCUT2D eigenvalue weighted by molar-refractivity contribution is -0.0119. The van der Waals surface area contributed by atoms with E-state index in [0.717, 1.165) is 19.7 Å². The Hall–Kier alpha value is -1.14. The molecule has 0 saturated carbocycles. The van der Waals surface area contributed by atoms with Crippen molar-refractivity contribution >= 4 is 6.01 Å². The number of anilines is 1. The van der Waals surface area contributed by atoms with Crippen LogP contribution >= 0.6 is 0 Å². The van der Waals surface area contributed by atoms with Gasteiger partial charge in [0.1, 0.15) is 0 Å². The van der Waals surface area contributed by atoms with Crippen LogP contribution in [0.3, 0.4) is 0 Å². The number of nitrogens with zero attached hydrogens (tertiary/aromatic N) is 3. The Morgan fingerprint density at radius 2 is 2.64 bits per heavy atom. The highest BCUT2D eigenvalue weighted by Crippen LogP contribution is 2.05. The topological polar surface area (TPSA) is 63.4 Å². The molecular formula is C8H14N4O2. The Morgan fingerprint density at radius 1 is 1.71 bits per heavy atom. The Balaban J connectivity index is 1.75. The highest BCUT2D eigenvalue weighted by Gasteiger charge is 2.17. The molecule has 1 fully saturated rings. The zero-order valence-electron chi connectivity index (χ0n) is 8.14. The highest BCUT2D eigenvalue weighted by molar-refractivity contribution is 5.15. The maximum Gasteiger partial charge on any atom is 0.315 e. The molecule has 0 spiro atoms. The molecule has 0 aliphatic carbocycles. The van der Waals surface area contributed by atoms with Gasteiger partial charge in [-0.15, -0.1) is 5.10 Å². The van der Waals surface area contributed by atoms with Gasteiger partial charge in [0, 0.05) is 19.6 Å². The van der Waals surface area contributed by atoms with Crippen LogP contribution in [0.25, 0.3) is 0 Å². The lowest BCUT2D eigenvalue weighted by Crippen LogP contribution is -2.43. The van der Waals surface area contributed by atoms with Gasteiger partial charge < -0.3 is 19.4 Å². The number of nitrogens with one attached hydrogen (secondary N) is 1. The van der Waals surface area contributed by atoms with Crippen molar-refractivity contribution in [1.82, 2.24) is 15.1 Å². The fourth-order valence-electron chi connectivity index (χ4n) is 1.44. The largest absolute Gasteiger partial charge is 0.411 e. The molecule has 1 N–H and O–H groups in total. The van der Waals surface area contributed by atoms with E-state index in [1.807, 2.05) is 0 Å². The van der Waals surface area contributed by atoms with Gasteiger partial charge in [-0.25, -0.2) is 0 Å². The van der Waals surface area contributed by atoms with Gasteiger partial charge >= 0.3 is 6.01 Å². The van der Waals surface area contributed by atoms with Crippen LogP contribution in [0, 0.1) is 0 Å². The van der Waals surface area contributed by atoms with E-state index >= 15 is 0 Å². The summed E-state index contributed by atoms with van der Waals surface area (Å²) in [6.45, 7) is 3.41. The number of morpholine rings is 1. The van der Waals surface area contributed by atoms with Gasteiger partial charge in [0.15, 0.2) is 0 Å². The summed E-state index contributed by atoms with van der Waals surface area (Å²) in [4.78, 5) is 2.24. The van der Waals surface area contributed by atoms with E-state index in [2.05, 4.69) is 27.5 Å².